The third kappa shape index (κ3) is 3.91. The number of aryl methyl sites for hydroxylation is 1. The molecule has 130 valence electrons. The highest BCUT2D eigenvalue weighted by atomic mass is 16.5. The molecule has 0 amide bonds. The van der Waals surface area contributed by atoms with Crippen molar-refractivity contribution in [2.45, 2.75) is 20.0 Å². The molecule has 0 saturated carbocycles. The van der Waals surface area contributed by atoms with E-state index in [2.05, 4.69) is 23.2 Å². The molecule has 1 aromatic heterocycles. The van der Waals surface area contributed by atoms with Gasteiger partial charge in [0.25, 0.3) is 5.89 Å². The molecule has 0 atom stereocenters. The molecule has 0 aliphatic heterocycles. The molecule has 6 heteroatoms. The summed E-state index contributed by atoms with van der Waals surface area (Å²) in [7, 11) is 3.17. The first-order valence-corrected chi connectivity index (χ1v) is 8.00. The molecule has 0 fully saturated rings. The standard InChI is InChI=1S/C19H20N2O4/c1-4-13-6-5-7-15(10-13)24-12-18-20-21-19(25-18)14-8-9-16(22-2)17(11-14)23-3/h5-11H,4,12H2,1-3H3. The summed E-state index contributed by atoms with van der Waals surface area (Å²) in [5.74, 6) is 2.84. The lowest BCUT2D eigenvalue weighted by Crippen LogP contribution is -1.96. The second kappa shape index (κ2) is 7.70. The van der Waals surface area contributed by atoms with Crippen molar-refractivity contribution in [3.63, 3.8) is 0 Å². The Morgan fingerprint density at radius 1 is 0.960 bits per heavy atom. The summed E-state index contributed by atoms with van der Waals surface area (Å²) in [6.45, 7) is 2.32. The molecule has 1 heterocycles. The fourth-order valence-electron chi connectivity index (χ4n) is 2.40. The first-order chi connectivity index (χ1) is 12.2. The lowest BCUT2D eigenvalue weighted by atomic mass is 10.2. The summed E-state index contributed by atoms with van der Waals surface area (Å²) in [6.07, 6.45) is 0.960. The van der Waals surface area contributed by atoms with Gasteiger partial charge in [-0.1, -0.05) is 19.1 Å². The van der Waals surface area contributed by atoms with Gasteiger partial charge < -0.3 is 18.6 Å². The third-order valence-corrected chi connectivity index (χ3v) is 3.77. The van der Waals surface area contributed by atoms with Crippen LogP contribution in [0.1, 0.15) is 18.4 Å². The smallest absolute Gasteiger partial charge is 0.254 e. The summed E-state index contributed by atoms with van der Waals surface area (Å²) in [5.41, 5.74) is 1.97. The monoisotopic (exact) mass is 340 g/mol. The van der Waals surface area contributed by atoms with Crippen LogP contribution < -0.4 is 14.2 Å². The Kier molecular flexibility index (Phi) is 5.18. The molecule has 2 aromatic carbocycles. The van der Waals surface area contributed by atoms with Crippen molar-refractivity contribution in [2.24, 2.45) is 0 Å². The highest BCUT2D eigenvalue weighted by Gasteiger charge is 2.12. The largest absolute Gasteiger partial charge is 0.493 e. The fourth-order valence-corrected chi connectivity index (χ4v) is 2.40. The Labute approximate surface area is 146 Å². The maximum Gasteiger partial charge on any atom is 0.254 e. The molecule has 0 spiro atoms. The quantitative estimate of drug-likeness (QED) is 0.650. The predicted octanol–water partition coefficient (Wildman–Crippen LogP) is 3.90. The van der Waals surface area contributed by atoms with Gasteiger partial charge in [-0.25, -0.2) is 0 Å². The molecule has 3 rings (SSSR count). The number of rotatable bonds is 7. The minimum Gasteiger partial charge on any atom is -0.493 e. The molecule has 0 saturated heterocycles. The van der Waals surface area contributed by atoms with Crippen molar-refractivity contribution in [1.82, 2.24) is 10.2 Å². The summed E-state index contributed by atoms with van der Waals surface area (Å²) in [6, 6.07) is 13.4. The minimum atomic E-state index is 0.216. The zero-order valence-corrected chi connectivity index (χ0v) is 14.5. The number of aromatic nitrogens is 2. The Morgan fingerprint density at radius 2 is 1.80 bits per heavy atom. The van der Waals surface area contributed by atoms with Crippen LogP contribution in [0, 0.1) is 0 Å². The van der Waals surface area contributed by atoms with Gasteiger partial charge in [-0.3, -0.25) is 0 Å². The molecule has 0 unspecified atom stereocenters. The first kappa shape index (κ1) is 16.8. The average Bonchev–Trinajstić information content (AvgIpc) is 3.15. The van der Waals surface area contributed by atoms with Crippen molar-refractivity contribution in [1.29, 1.82) is 0 Å². The summed E-state index contributed by atoms with van der Waals surface area (Å²) < 4.78 is 21.9. The SMILES string of the molecule is CCc1cccc(OCc2nnc(-c3ccc(OC)c(OC)c3)o2)c1. The molecular weight excluding hydrogens is 320 g/mol. The van der Waals surface area contributed by atoms with Crippen LogP contribution >= 0.6 is 0 Å². The van der Waals surface area contributed by atoms with Crippen LogP contribution in [-0.2, 0) is 13.0 Å². The number of nitrogens with zero attached hydrogens (tertiary/aromatic N) is 2. The van der Waals surface area contributed by atoms with Crippen LogP contribution in [0.5, 0.6) is 17.2 Å². The normalized spacial score (nSPS) is 10.5. The Bertz CT molecular complexity index is 845. The topological polar surface area (TPSA) is 66.6 Å². The molecule has 0 radical (unpaired) electrons. The van der Waals surface area contributed by atoms with E-state index in [1.165, 1.54) is 5.56 Å². The van der Waals surface area contributed by atoms with Gasteiger partial charge >= 0.3 is 0 Å². The van der Waals surface area contributed by atoms with Crippen LogP contribution in [0.2, 0.25) is 0 Å². The van der Waals surface area contributed by atoms with Gasteiger partial charge in [0.15, 0.2) is 18.1 Å². The van der Waals surface area contributed by atoms with Gasteiger partial charge in [-0.05, 0) is 42.3 Å². The van der Waals surface area contributed by atoms with Crippen molar-refractivity contribution in [3.05, 3.63) is 53.9 Å². The van der Waals surface area contributed by atoms with Crippen molar-refractivity contribution in [2.75, 3.05) is 14.2 Å². The van der Waals surface area contributed by atoms with E-state index in [0.717, 1.165) is 17.7 Å². The first-order valence-electron chi connectivity index (χ1n) is 8.00. The van der Waals surface area contributed by atoms with E-state index in [9.17, 15) is 0 Å². The molecule has 3 aromatic rings. The van der Waals surface area contributed by atoms with Gasteiger partial charge in [-0.2, -0.15) is 0 Å². The van der Waals surface area contributed by atoms with Gasteiger partial charge in [-0.15, -0.1) is 10.2 Å². The van der Waals surface area contributed by atoms with E-state index >= 15 is 0 Å². The number of hydrogen-bond donors (Lipinski definition) is 0. The molecule has 0 aliphatic carbocycles. The zero-order chi connectivity index (χ0) is 17.6. The molecule has 0 N–H and O–H groups in total. The highest BCUT2D eigenvalue weighted by Crippen LogP contribution is 2.31. The second-order valence-electron chi connectivity index (χ2n) is 5.36. The van der Waals surface area contributed by atoms with Gasteiger partial charge in [0.2, 0.25) is 5.89 Å². The highest BCUT2D eigenvalue weighted by molar-refractivity contribution is 5.59. The Morgan fingerprint density at radius 3 is 2.56 bits per heavy atom. The van der Waals surface area contributed by atoms with Crippen molar-refractivity contribution < 1.29 is 18.6 Å². The van der Waals surface area contributed by atoms with Crippen LogP contribution in [0.3, 0.4) is 0 Å². The predicted molar refractivity (Wildman–Crippen MR) is 93.0 cm³/mol. The number of ether oxygens (including phenoxy) is 3. The van der Waals surface area contributed by atoms with E-state index in [4.69, 9.17) is 18.6 Å². The second-order valence-corrected chi connectivity index (χ2v) is 5.36. The van der Waals surface area contributed by atoms with Crippen LogP contribution in [0.4, 0.5) is 0 Å². The Balaban J connectivity index is 1.72. The van der Waals surface area contributed by atoms with Crippen LogP contribution in [0.25, 0.3) is 11.5 Å². The lowest BCUT2D eigenvalue weighted by Gasteiger charge is -2.07. The van der Waals surface area contributed by atoms with E-state index in [1.807, 2.05) is 24.3 Å². The summed E-state index contributed by atoms with van der Waals surface area (Å²) >= 11 is 0. The summed E-state index contributed by atoms with van der Waals surface area (Å²) in [4.78, 5) is 0. The fraction of sp³-hybridized carbons (Fsp3) is 0.263. The minimum absolute atomic E-state index is 0.216. The summed E-state index contributed by atoms with van der Waals surface area (Å²) in [5, 5.41) is 8.10. The Hall–Kier alpha value is -3.02. The van der Waals surface area contributed by atoms with E-state index < -0.39 is 0 Å². The molecule has 6 nitrogen and oxygen atoms in total. The van der Waals surface area contributed by atoms with E-state index in [0.29, 0.717) is 23.3 Å². The van der Waals surface area contributed by atoms with Gasteiger partial charge in [0.05, 0.1) is 14.2 Å². The zero-order valence-electron chi connectivity index (χ0n) is 14.5. The number of methoxy groups -OCH3 is 2. The van der Waals surface area contributed by atoms with E-state index in [-0.39, 0.29) is 6.61 Å². The third-order valence-electron chi connectivity index (χ3n) is 3.77. The van der Waals surface area contributed by atoms with Crippen molar-refractivity contribution in [3.8, 4) is 28.7 Å². The van der Waals surface area contributed by atoms with Gasteiger partial charge in [0, 0.05) is 5.56 Å². The average molecular weight is 340 g/mol. The van der Waals surface area contributed by atoms with E-state index in [1.54, 1.807) is 26.4 Å². The molecular formula is C19H20N2O4. The van der Waals surface area contributed by atoms with Crippen LogP contribution in [-0.4, -0.2) is 24.4 Å². The maximum atomic E-state index is 5.72. The molecule has 0 bridgehead atoms. The molecule has 0 aliphatic rings. The lowest BCUT2D eigenvalue weighted by molar-refractivity contribution is 0.264. The molecule has 25 heavy (non-hydrogen) atoms. The van der Waals surface area contributed by atoms with Crippen LogP contribution in [0.15, 0.2) is 46.9 Å². The van der Waals surface area contributed by atoms with Crippen molar-refractivity contribution >= 4 is 0 Å². The number of hydrogen-bond acceptors (Lipinski definition) is 6. The van der Waals surface area contributed by atoms with Gasteiger partial charge in [0.1, 0.15) is 5.75 Å². The maximum absolute atomic E-state index is 5.72. The number of benzene rings is 2.